The van der Waals surface area contributed by atoms with Gasteiger partial charge in [0.15, 0.2) is 9.84 Å². The van der Waals surface area contributed by atoms with Gasteiger partial charge in [-0.25, -0.2) is 8.42 Å². The van der Waals surface area contributed by atoms with Gasteiger partial charge < -0.3 is 4.74 Å². The summed E-state index contributed by atoms with van der Waals surface area (Å²) in [6.45, 7) is 10.9. The second-order valence-electron chi connectivity index (χ2n) is 6.45. The highest BCUT2D eigenvalue weighted by atomic mass is 32.2. The molecule has 0 N–H and O–H groups in total. The Morgan fingerprint density at radius 2 is 1.95 bits per heavy atom. The van der Waals surface area contributed by atoms with Crippen molar-refractivity contribution in [3.05, 3.63) is 53.5 Å². The van der Waals surface area contributed by atoms with Crippen LogP contribution in [0.4, 0.5) is 0 Å². The SMILES string of the molecule is C=CCOCC1CC(=CS(=O)(=O)c2ccc(C)cc2)C1(C)C. The van der Waals surface area contributed by atoms with E-state index in [1.54, 1.807) is 18.2 Å². The third-order valence-corrected chi connectivity index (χ3v) is 6.04. The molecule has 4 heteroatoms. The van der Waals surface area contributed by atoms with Crippen molar-refractivity contribution in [1.82, 2.24) is 0 Å². The highest BCUT2D eigenvalue weighted by Gasteiger charge is 2.44. The fraction of sp³-hybridized carbons (Fsp3) is 0.444. The van der Waals surface area contributed by atoms with E-state index in [2.05, 4.69) is 20.4 Å². The van der Waals surface area contributed by atoms with E-state index in [1.807, 2.05) is 19.1 Å². The topological polar surface area (TPSA) is 43.4 Å². The van der Waals surface area contributed by atoms with Gasteiger partial charge in [0.2, 0.25) is 0 Å². The van der Waals surface area contributed by atoms with Gasteiger partial charge in [-0.1, -0.05) is 43.2 Å². The summed E-state index contributed by atoms with van der Waals surface area (Å²) in [5.41, 5.74) is 1.88. The molecule has 1 saturated carbocycles. The van der Waals surface area contributed by atoms with Crippen molar-refractivity contribution in [3.63, 3.8) is 0 Å². The minimum Gasteiger partial charge on any atom is -0.377 e. The van der Waals surface area contributed by atoms with Crippen molar-refractivity contribution in [1.29, 1.82) is 0 Å². The summed E-state index contributed by atoms with van der Waals surface area (Å²) in [7, 11) is -3.38. The van der Waals surface area contributed by atoms with Crippen LogP contribution in [0.15, 0.2) is 52.8 Å². The van der Waals surface area contributed by atoms with Crippen LogP contribution in [0.2, 0.25) is 0 Å². The standard InChI is InChI=1S/C18H24O3S/c1-5-10-21-12-15-11-16(18(15,3)4)13-22(19,20)17-8-6-14(2)7-9-17/h5-9,13,15H,1,10-12H2,2-4H3. The number of benzene rings is 1. The third-order valence-electron chi connectivity index (χ3n) is 4.52. The molecule has 0 heterocycles. The first-order chi connectivity index (χ1) is 10.3. The summed E-state index contributed by atoms with van der Waals surface area (Å²) in [5, 5.41) is 1.45. The van der Waals surface area contributed by atoms with Gasteiger partial charge in [0, 0.05) is 5.41 Å². The van der Waals surface area contributed by atoms with Crippen LogP contribution >= 0.6 is 0 Å². The van der Waals surface area contributed by atoms with Crippen LogP contribution in [0.25, 0.3) is 0 Å². The van der Waals surface area contributed by atoms with Crippen molar-refractivity contribution >= 4 is 9.84 Å². The Balaban J connectivity index is 2.13. The van der Waals surface area contributed by atoms with E-state index in [-0.39, 0.29) is 5.41 Å². The van der Waals surface area contributed by atoms with E-state index < -0.39 is 9.84 Å². The maximum absolute atomic E-state index is 12.5. The summed E-state index contributed by atoms with van der Waals surface area (Å²) in [6.07, 6.45) is 2.50. The van der Waals surface area contributed by atoms with Crippen molar-refractivity contribution in [3.8, 4) is 0 Å². The lowest BCUT2D eigenvalue weighted by molar-refractivity contribution is 0.0402. The Kier molecular flexibility index (Phi) is 4.93. The highest BCUT2D eigenvalue weighted by molar-refractivity contribution is 7.94. The minimum absolute atomic E-state index is 0.140. The first-order valence-electron chi connectivity index (χ1n) is 7.49. The number of hydrogen-bond donors (Lipinski definition) is 0. The minimum atomic E-state index is -3.38. The molecule has 0 aliphatic heterocycles. The molecular weight excluding hydrogens is 296 g/mol. The number of allylic oxidation sites excluding steroid dienone is 1. The normalized spacial score (nSPS) is 22.3. The summed E-state index contributed by atoms with van der Waals surface area (Å²) in [5.74, 6) is 0.354. The van der Waals surface area contributed by atoms with Crippen molar-refractivity contribution in [2.75, 3.05) is 13.2 Å². The van der Waals surface area contributed by atoms with Crippen LogP contribution in [0.5, 0.6) is 0 Å². The third kappa shape index (κ3) is 3.50. The monoisotopic (exact) mass is 320 g/mol. The maximum Gasteiger partial charge on any atom is 0.199 e. The molecule has 0 amide bonds. The van der Waals surface area contributed by atoms with Crippen molar-refractivity contribution in [2.45, 2.75) is 32.1 Å². The van der Waals surface area contributed by atoms with Crippen LogP contribution in [-0.4, -0.2) is 21.6 Å². The maximum atomic E-state index is 12.5. The van der Waals surface area contributed by atoms with Gasteiger partial charge in [0.25, 0.3) is 0 Å². The van der Waals surface area contributed by atoms with E-state index in [1.165, 1.54) is 5.41 Å². The Morgan fingerprint density at radius 3 is 2.50 bits per heavy atom. The smallest absolute Gasteiger partial charge is 0.199 e. The Labute approximate surface area is 133 Å². The number of ether oxygens (including phenoxy) is 1. The molecule has 1 unspecified atom stereocenters. The lowest BCUT2D eigenvalue weighted by Gasteiger charge is -2.47. The Morgan fingerprint density at radius 1 is 1.32 bits per heavy atom. The van der Waals surface area contributed by atoms with E-state index in [9.17, 15) is 8.42 Å². The molecule has 1 atom stereocenters. The number of hydrogen-bond acceptors (Lipinski definition) is 3. The summed E-state index contributed by atoms with van der Waals surface area (Å²) in [4.78, 5) is 0.354. The van der Waals surface area contributed by atoms with Gasteiger partial charge in [0.05, 0.1) is 18.1 Å². The van der Waals surface area contributed by atoms with Crippen LogP contribution in [-0.2, 0) is 14.6 Å². The van der Waals surface area contributed by atoms with Crippen LogP contribution in [0.1, 0.15) is 25.8 Å². The Bertz CT molecular complexity index is 667. The van der Waals surface area contributed by atoms with Gasteiger partial charge in [-0.2, -0.15) is 0 Å². The molecule has 22 heavy (non-hydrogen) atoms. The molecule has 1 aromatic carbocycles. The quantitative estimate of drug-likeness (QED) is 0.590. The average Bonchev–Trinajstić information content (AvgIpc) is 2.46. The van der Waals surface area contributed by atoms with Gasteiger partial charge in [-0.05, 0) is 36.8 Å². The van der Waals surface area contributed by atoms with Crippen LogP contribution in [0.3, 0.4) is 0 Å². The number of aryl methyl sites for hydroxylation is 1. The zero-order chi connectivity index (χ0) is 16.4. The molecular formula is C18H24O3S. The van der Waals surface area contributed by atoms with Gasteiger partial charge in [0.1, 0.15) is 0 Å². The molecule has 2 rings (SSSR count). The molecule has 120 valence electrons. The zero-order valence-electron chi connectivity index (χ0n) is 13.5. The Hall–Kier alpha value is -1.39. The molecule has 1 aliphatic carbocycles. The van der Waals surface area contributed by atoms with E-state index in [4.69, 9.17) is 4.74 Å². The number of rotatable bonds is 6. The molecule has 1 aliphatic rings. The van der Waals surface area contributed by atoms with Crippen molar-refractivity contribution in [2.24, 2.45) is 11.3 Å². The summed E-state index contributed by atoms with van der Waals surface area (Å²) < 4.78 is 30.5. The van der Waals surface area contributed by atoms with Crippen LogP contribution in [0, 0.1) is 18.3 Å². The molecule has 0 radical (unpaired) electrons. The van der Waals surface area contributed by atoms with Gasteiger partial charge in [-0.15, -0.1) is 6.58 Å². The average molecular weight is 320 g/mol. The van der Waals surface area contributed by atoms with E-state index in [0.717, 1.165) is 17.6 Å². The summed E-state index contributed by atoms with van der Waals surface area (Å²) in [6, 6.07) is 6.97. The van der Waals surface area contributed by atoms with Gasteiger partial charge >= 0.3 is 0 Å². The largest absolute Gasteiger partial charge is 0.377 e. The fourth-order valence-corrected chi connectivity index (χ4v) is 4.08. The van der Waals surface area contributed by atoms with Crippen LogP contribution < -0.4 is 0 Å². The van der Waals surface area contributed by atoms with Crippen molar-refractivity contribution < 1.29 is 13.2 Å². The number of sulfone groups is 1. The molecule has 0 saturated heterocycles. The first-order valence-corrected chi connectivity index (χ1v) is 9.03. The molecule has 3 nitrogen and oxygen atoms in total. The second kappa shape index (κ2) is 6.39. The molecule has 0 spiro atoms. The van der Waals surface area contributed by atoms with Gasteiger partial charge in [-0.3, -0.25) is 0 Å². The fourth-order valence-electron chi connectivity index (χ4n) is 2.66. The molecule has 1 fully saturated rings. The second-order valence-corrected chi connectivity index (χ2v) is 8.25. The van der Waals surface area contributed by atoms with E-state index >= 15 is 0 Å². The molecule has 1 aromatic rings. The zero-order valence-corrected chi connectivity index (χ0v) is 14.3. The molecule has 0 bridgehead atoms. The lowest BCUT2D eigenvalue weighted by atomic mass is 9.59. The van der Waals surface area contributed by atoms with E-state index in [0.29, 0.717) is 24.0 Å². The lowest BCUT2D eigenvalue weighted by Crippen LogP contribution is -2.41. The predicted octanol–water partition coefficient (Wildman–Crippen LogP) is 3.90. The summed E-state index contributed by atoms with van der Waals surface area (Å²) >= 11 is 0. The predicted molar refractivity (Wildman–Crippen MR) is 89.4 cm³/mol. The highest BCUT2D eigenvalue weighted by Crippen LogP contribution is 2.51. The first kappa shape index (κ1) is 17.0. The molecule has 0 aromatic heterocycles.